The first-order chi connectivity index (χ1) is 25.8. The predicted octanol–water partition coefficient (Wildman–Crippen LogP) is 7.95. The molecular formula is C41H48F3N5O4Si. The number of aromatic nitrogens is 3. The molecule has 1 unspecified atom stereocenters. The van der Waals surface area contributed by atoms with Crippen LogP contribution in [0.4, 0.5) is 19.0 Å². The van der Waals surface area contributed by atoms with Crippen LogP contribution in [0.3, 0.4) is 0 Å². The second-order valence-corrected chi connectivity index (χ2v) is 22.0. The summed E-state index contributed by atoms with van der Waals surface area (Å²) in [6.45, 7) is 16.0. The van der Waals surface area contributed by atoms with Gasteiger partial charge in [0.1, 0.15) is 60.9 Å². The number of nitrogens with zero attached hydrogens (tertiary/aromatic N) is 5. The highest BCUT2D eigenvalue weighted by molar-refractivity contribution is 6.90. The Hall–Kier alpha value is -4.12. The first kappa shape index (κ1) is 36.8. The van der Waals surface area contributed by atoms with Gasteiger partial charge in [-0.3, -0.25) is 4.90 Å². The number of rotatable bonds is 7. The molecule has 0 radical (unpaired) electrons. The van der Waals surface area contributed by atoms with Gasteiger partial charge in [-0.2, -0.15) is 9.97 Å². The molecule has 4 aromatic rings. The maximum Gasteiger partial charge on any atom is 0.319 e. The van der Waals surface area contributed by atoms with Gasteiger partial charge in [0.15, 0.2) is 5.82 Å². The van der Waals surface area contributed by atoms with E-state index >= 15 is 8.78 Å². The monoisotopic (exact) mass is 759 g/mol. The number of alkyl halides is 1. The summed E-state index contributed by atoms with van der Waals surface area (Å²) in [5, 5.41) is 12.1. The molecule has 286 valence electrons. The minimum atomic E-state index is -2.31. The fourth-order valence-corrected chi connectivity index (χ4v) is 15.1. The van der Waals surface area contributed by atoms with Crippen LogP contribution in [0.15, 0.2) is 24.3 Å². The van der Waals surface area contributed by atoms with Gasteiger partial charge in [-0.1, -0.05) is 53.5 Å². The van der Waals surface area contributed by atoms with Gasteiger partial charge < -0.3 is 24.2 Å². The molecule has 0 saturated carbocycles. The van der Waals surface area contributed by atoms with Crippen molar-refractivity contribution in [3.05, 3.63) is 41.5 Å². The molecule has 2 aromatic carbocycles. The van der Waals surface area contributed by atoms with Gasteiger partial charge in [0.2, 0.25) is 5.88 Å². The number of anilines is 1. The van der Waals surface area contributed by atoms with Crippen LogP contribution in [-0.2, 0) is 4.74 Å². The number of aromatic hydroxyl groups is 1. The highest BCUT2D eigenvalue weighted by atomic mass is 28.3. The summed E-state index contributed by atoms with van der Waals surface area (Å²) in [6, 6.07) is 5.76. The minimum Gasteiger partial charge on any atom is -0.508 e. The summed E-state index contributed by atoms with van der Waals surface area (Å²) in [6.07, 6.45) is 0.709. The van der Waals surface area contributed by atoms with Crippen LogP contribution in [0.1, 0.15) is 66.4 Å². The number of phenols is 1. The van der Waals surface area contributed by atoms with Crippen molar-refractivity contribution in [2.24, 2.45) is 0 Å². The molecule has 1 N–H and O–H groups in total. The van der Waals surface area contributed by atoms with E-state index in [9.17, 15) is 9.50 Å². The fourth-order valence-electron chi connectivity index (χ4n) is 9.85. The first-order valence-corrected chi connectivity index (χ1v) is 21.5. The average molecular weight is 760 g/mol. The van der Waals surface area contributed by atoms with Gasteiger partial charge in [0, 0.05) is 30.5 Å². The lowest BCUT2D eigenvalue weighted by molar-refractivity contribution is 0.0717. The van der Waals surface area contributed by atoms with Crippen molar-refractivity contribution in [1.82, 2.24) is 19.9 Å². The first-order valence-electron chi connectivity index (χ1n) is 19.2. The van der Waals surface area contributed by atoms with E-state index in [1.54, 1.807) is 6.07 Å². The molecule has 54 heavy (non-hydrogen) atoms. The van der Waals surface area contributed by atoms with Crippen molar-refractivity contribution < 1.29 is 32.5 Å². The Morgan fingerprint density at radius 3 is 2.56 bits per heavy atom. The van der Waals surface area contributed by atoms with Crippen molar-refractivity contribution in [3.63, 3.8) is 0 Å². The standard InChI is InChI=1S/C41H48F3N5O4Si/c1-23(2)54(24(3)4,25(5)6)15-10-30-32(43)9-8-26-16-28(50)17-31(33(26)30)36-35(44)37-34-38(48-13-14-51-21-29(20-48)53-39(34)45-36)47-40(46-37)52-22-41-11-7-12-49(41)19-27(42)18-41/h8-9,16-17,23-25,27,29,50H,7,11-14,18-22H2,1-6H3/t27-,29?,41+/m1/s1. The lowest BCUT2D eigenvalue weighted by Crippen LogP contribution is -2.43. The molecule has 2 bridgehead atoms. The molecule has 3 fully saturated rings. The van der Waals surface area contributed by atoms with Crippen molar-refractivity contribution in [1.29, 1.82) is 0 Å². The maximum absolute atomic E-state index is 17.4. The number of halogens is 3. The molecule has 0 aliphatic carbocycles. The normalized spacial score (nSPS) is 22.8. The van der Waals surface area contributed by atoms with Crippen molar-refractivity contribution in [2.45, 2.75) is 95.2 Å². The molecule has 4 aliphatic heterocycles. The van der Waals surface area contributed by atoms with E-state index in [2.05, 4.69) is 62.9 Å². The Bertz CT molecular complexity index is 2170. The zero-order valence-electron chi connectivity index (χ0n) is 31.8. The van der Waals surface area contributed by atoms with E-state index in [4.69, 9.17) is 24.2 Å². The zero-order chi connectivity index (χ0) is 38.1. The van der Waals surface area contributed by atoms with E-state index in [0.717, 1.165) is 19.4 Å². The minimum absolute atomic E-state index is 0.0395. The molecule has 13 heteroatoms. The van der Waals surface area contributed by atoms with Gasteiger partial charge >= 0.3 is 6.01 Å². The van der Waals surface area contributed by atoms with Crippen LogP contribution in [0.25, 0.3) is 32.9 Å². The summed E-state index contributed by atoms with van der Waals surface area (Å²) in [5.41, 5.74) is 4.09. The third kappa shape index (κ3) is 6.05. The molecule has 2 aromatic heterocycles. The van der Waals surface area contributed by atoms with E-state index in [0.29, 0.717) is 65.9 Å². The molecular weight excluding hydrogens is 712 g/mol. The molecule has 0 amide bonds. The van der Waals surface area contributed by atoms with E-state index in [1.807, 2.05) is 4.90 Å². The van der Waals surface area contributed by atoms with Crippen LogP contribution in [0, 0.1) is 23.1 Å². The topological polar surface area (TPSA) is 93.1 Å². The molecule has 6 heterocycles. The molecule has 3 atom stereocenters. The maximum atomic E-state index is 17.4. The molecule has 4 aliphatic rings. The largest absolute Gasteiger partial charge is 0.508 e. The molecule has 9 nitrogen and oxygen atoms in total. The van der Waals surface area contributed by atoms with Crippen LogP contribution in [0.2, 0.25) is 16.6 Å². The number of fused-ring (bicyclic) bond motifs is 5. The van der Waals surface area contributed by atoms with Gasteiger partial charge in [0.05, 0.1) is 30.9 Å². The summed E-state index contributed by atoms with van der Waals surface area (Å²) in [5.74, 6) is 2.29. The molecule has 8 rings (SSSR count). The molecule has 3 saturated heterocycles. The Morgan fingerprint density at radius 2 is 1.80 bits per heavy atom. The fraction of sp³-hybridized carbons (Fsp3) is 0.537. The van der Waals surface area contributed by atoms with Crippen molar-refractivity contribution in [3.8, 4) is 40.4 Å². The smallest absolute Gasteiger partial charge is 0.319 e. The van der Waals surface area contributed by atoms with Crippen LogP contribution in [-0.4, -0.2) is 96.8 Å². The average Bonchev–Trinajstić information content (AvgIpc) is 3.48. The number of phenolic OH excluding ortho intramolecular Hbond substituents is 1. The highest BCUT2D eigenvalue weighted by Crippen LogP contribution is 2.45. The van der Waals surface area contributed by atoms with Crippen LogP contribution >= 0.6 is 0 Å². The quantitative estimate of drug-likeness (QED) is 0.149. The third-order valence-corrected chi connectivity index (χ3v) is 18.6. The third-order valence-electron chi connectivity index (χ3n) is 12.3. The van der Waals surface area contributed by atoms with E-state index in [1.165, 1.54) is 18.2 Å². The van der Waals surface area contributed by atoms with Gasteiger partial charge in [0.25, 0.3) is 0 Å². The number of hydrogen-bond donors (Lipinski definition) is 1. The summed E-state index contributed by atoms with van der Waals surface area (Å²) in [4.78, 5) is 18.3. The summed E-state index contributed by atoms with van der Waals surface area (Å²) < 4.78 is 66.7. The predicted molar refractivity (Wildman–Crippen MR) is 206 cm³/mol. The lowest BCUT2D eigenvalue weighted by Gasteiger charge is -2.38. The highest BCUT2D eigenvalue weighted by Gasteiger charge is 2.49. The molecule has 0 spiro atoms. The van der Waals surface area contributed by atoms with E-state index in [-0.39, 0.29) is 58.6 Å². The number of pyridine rings is 1. The summed E-state index contributed by atoms with van der Waals surface area (Å²) >= 11 is 0. The zero-order valence-corrected chi connectivity index (χ0v) is 32.8. The Balaban J connectivity index is 1.34. The lowest BCUT2D eigenvalue weighted by atomic mass is 9.95. The second-order valence-electron chi connectivity index (χ2n) is 16.4. The van der Waals surface area contributed by atoms with Crippen LogP contribution in [0.5, 0.6) is 17.6 Å². The van der Waals surface area contributed by atoms with Gasteiger partial charge in [-0.05, 0) is 59.6 Å². The Kier molecular flexibility index (Phi) is 9.46. The number of ether oxygens (including phenoxy) is 3. The summed E-state index contributed by atoms with van der Waals surface area (Å²) in [7, 11) is -2.31. The van der Waals surface area contributed by atoms with Crippen molar-refractivity contribution in [2.75, 3.05) is 50.9 Å². The Labute approximate surface area is 315 Å². The second kappa shape index (κ2) is 13.9. The Morgan fingerprint density at radius 1 is 1.02 bits per heavy atom. The SMILES string of the molecule is CC(C)[Si](C#Cc1c(F)ccc2cc(O)cc(-c3nc4c5c(nc(OC[C@@]67CCCN6C[C@H](F)C7)nc5c3F)N3CCOCC(C3)O4)c12)(C(C)C)C(C)C. The van der Waals surface area contributed by atoms with E-state index < -0.39 is 37.5 Å². The van der Waals surface area contributed by atoms with Crippen LogP contribution < -0.4 is 14.4 Å². The number of benzene rings is 2. The van der Waals surface area contributed by atoms with Gasteiger partial charge in [-0.15, -0.1) is 5.54 Å². The van der Waals surface area contributed by atoms with Crippen molar-refractivity contribution >= 4 is 35.6 Å². The van der Waals surface area contributed by atoms with Gasteiger partial charge in [-0.25, -0.2) is 18.2 Å². The number of hydrogen-bond acceptors (Lipinski definition) is 9.